The van der Waals surface area contributed by atoms with E-state index in [1.165, 1.54) is 0 Å². The van der Waals surface area contributed by atoms with Crippen LogP contribution in [-0.2, 0) is 17.8 Å². The van der Waals surface area contributed by atoms with E-state index in [0.29, 0.717) is 32.5 Å². The van der Waals surface area contributed by atoms with Crippen molar-refractivity contribution in [1.29, 1.82) is 0 Å². The highest BCUT2D eigenvalue weighted by atomic mass is 16.4. The van der Waals surface area contributed by atoms with Gasteiger partial charge in [-0.2, -0.15) is 0 Å². The number of aliphatic hydroxyl groups is 1. The van der Waals surface area contributed by atoms with Crippen LogP contribution in [0.5, 0.6) is 0 Å². The summed E-state index contributed by atoms with van der Waals surface area (Å²) in [5.41, 5.74) is 1.72. The van der Waals surface area contributed by atoms with E-state index in [4.69, 9.17) is 0 Å². The topological polar surface area (TPSA) is 73.7 Å². The molecule has 0 aliphatic carbocycles. The number of carboxylic acid groups (broad SMARTS) is 1. The van der Waals surface area contributed by atoms with Crippen LogP contribution in [0.2, 0.25) is 0 Å². The van der Waals surface area contributed by atoms with E-state index < -0.39 is 17.5 Å². The molecule has 25 heavy (non-hydrogen) atoms. The highest BCUT2D eigenvalue weighted by molar-refractivity contribution is 5.76. The standard InChI is InChI=1S/C20H24N2O3/c1-15-6-5-9-17(21-15)13-22-11-10-20(19(24)25,18(23)14-22)12-16-7-3-2-4-8-16/h2-9,18,23H,10-14H2,1H3,(H,24,25)/t18-,20+/m0/s1. The molecule has 0 unspecified atom stereocenters. The number of carboxylic acids is 1. The molecule has 1 aliphatic rings. The number of nitrogens with zero attached hydrogens (tertiary/aromatic N) is 2. The number of aryl methyl sites for hydroxylation is 1. The molecular formula is C20H24N2O3. The van der Waals surface area contributed by atoms with Crippen LogP contribution in [0.4, 0.5) is 0 Å². The molecule has 0 bridgehead atoms. The van der Waals surface area contributed by atoms with Gasteiger partial charge in [-0.25, -0.2) is 0 Å². The molecule has 5 heteroatoms. The van der Waals surface area contributed by atoms with Crippen molar-refractivity contribution < 1.29 is 15.0 Å². The zero-order valence-electron chi connectivity index (χ0n) is 14.4. The quantitative estimate of drug-likeness (QED) is 0.873. The third kappa shape index (κ3) is 3.89. The van der Waals surface area contributed by atoms with Crippen molar-refractivity contribution in [2.75, 3.05) is 13.1 Å². The molecule has 0 spiro atoms. The van der Waals surface area contributed by atoms with Crippen molar-refractivity contribution >= 4 is 5.97 Å². The first kappa shape index (κ1) is 17.6. The summed E-state index contributed by atoms with van der Waals surface area (Å²) in [5, 5.41) is 20.6. The van der Waals surface area contributed by atoms with Crippen molar-refractivity contribution in [2.24, 2.45) is 5.41 Å². The average molecular weight is 340 g/mol. The summed E-state index contributed by atoms with van der Waals surface area (Å²) >= 11 is 0. The van der Waals surface area contributed by atoms with Crippen molar-refractivity contribution in [3.8, 4) is 0 Å². The highest BCUT2D eigenvalue weighted by Gasteiger charge is 2.48. The number of aliphatic carboxylic acids is 1. The van der Waals surface area contributed by atoms with Crippen LogP contribution in [0.3, 0.4) is 0 Å². The lowest BCUT2D eigenvalue weighted by Crippen LogP contribution is -2.55. The second-order valence-electron chi connectivity index (χ2n) is 6.89. The second kappa shape index (κ2) is 7.33. The lowest BCUT2D eigenvalue weighted by Gasteiger charge is -2.42. The lowest BCUT2D eigenvalue weighted by atomic mass is 9.71. The van der Waals surface area contributed by atoms with E-state index in [1.54, 1.807) is 0 Å². The minimum atomic E-state index is -1.13. The number of aromatic nitrogens is 1. The summed E-state index contributed by atoms with van der Waals surface area (Å²) in [6, 6.07) is 15.4. The number of rotatable bonds is 5. The smallest absolute Gasteiger partial charge is 0.312 e. The van der Waals surface area contributed by atoms with Gasteiger partial charge in [0, 0.05) is 18.8 Å². The Morgan fingerprint density at radius 3 is 2.64 bits per heavy atom. The Kier molecular flexibility index (Phi) is 5.16. The molecule has 1 saturated heterocycles. The summed E-state index contributed by atoms with van der Waals surface area (Å²) in [6.07, 6.45) is -0.144. The van der Waals surface area contributed by atoms with Crippen LogP contribution in [0, 0.1) is 12.3 Å². The van der Waals surface area contributed by atoms with Gasteiger partial charge in [-0.15, -0.1) is 0 Å². The fraction of sp³-hybridized carbons (Fsp3) is 0.400. The van der Waals surface area contributed by atoms with Gasteiger partial charge in [0.15, 0.2) is 0 Å². The van der Waals surface area contributed by atoms with Crippen molar-refractivity contribution in [2.45, 2.75) is 32.4 Å². The first-order valence-electron chi connectivity index (χ1n) is 8.60. The van der Waals surface area contributed by atoms with Crippen LogP contribution in [-0.4, -0.2) is 45.3 Å². The predicted molar refractivity (Wildman–Crippen MR) is 95.1 cm³/mol. The molecule has 1 aromatic heterocycles. The third-order valence-corrected chi connectivity index (χ3v) is 5.06. The number of hydrogen-bond donors (Lipinski definition) is 2. The number of likely N-dealkylation sites (tertiary alicyclic amines) is 1. The second-order valence-corrected chi connectivity index (χ2v) is 6.89. The number of piperidine rings is 1. The van der Waals surface area contributed by atoms with Gasteiger partial charge in [-0.1, -0.05) is 36.4 Å². The Labute approximate surface area is 147 Å². The third-order valence-electron chi connectivity index (χ3n) is 5.06. The van der Waals surface area contributed by atoms with Gasteiger partial charge in [0.25, 0.3) is 0 Å². The SMILES string of the molecule is Cc1cccc(CN2CC[C@](Cc3ccccc3)(C(=O)O)[C@@H](O)C2)n1. The summed E-state index contributed by atoms with van der Waals surface area (Å²) in [7, 11) is 0. The Hall–Kier alpha value is -2.24. The maximum atomic E-state index is 12.0. The maximum absolute atomic E-state index is 12.0. The number of hydrogen-bond acceptors (Lipinski definition) is 4. The minimum absolute atomic E-state index is 0.342. The van der Waals surface area contributed by atoms with E-state index >= 15 is 0 Å². The van der Waals surface area contributed by atoms with Crippen LogP contribution < -0.4 is 0 Å². The monoisotopic (exact) mass is 340 g/mol. The number of benzene rings is 1. The summed E-state index contributed by atoms with van der Waals surface area (Å²) in [4.78, 5) is 18.6. The fourth-order valence-corrected chi connectivity index (χ4v) is 3.59. The summed E-state index contributed by atoms with van der Waals surface area (Å²) < 4.78 is 0. The van der Waals surface area contributed by atoms with Gasteiger partial charge in [0.2, 0.25) is 0 Å². The van der Waals surface area contributed by atoms with Gasteiger partial charge in [0.05, 0.1) is 11.8 Å². The van der Waals surface area contributed by atoms with Gasteiger partial charge < -0.3 is 10.2 Å². The van der Waals surface area contributed by atoms with Crippen LogP contribution in [0.25, 0.3) is 0 Å². The Bertz CT molecular complexity index is 735. The fourth-order valence-electron chi connectivity index (χ4n) is 3.59. The molecular weight excluding hydrogens is 316 g/mol. The molecule has 5 nitrogen and oxygen atoms in total. The molecule has 1 fully saturated rings. The lowest BCUT2D eigenvalue weighted by molar-refractivity contribution is -0.163. The van der Waals surface area contributed by atoms with E-state index in [0.717, 1.165) is 17.0 Å². The van der Waals surface area contributed by atoms with Crippen molar-refractivity contribution in [3.05, 3.63) is 65.5 Å². The molecule has 0 radical (unpaired) electrons. The van der Waals surface area contributed by atoms with E-state index in [2.05, 4.69) is 9.88 Å². The number of pyridine rings is 1. The zero-order valence-corrected chi connectivity index (χ0v) is 14.4. The van der Waals surface area contributed by atoms with E-state index in [9.17, 15) is 15.0 Å². The van der Waals surface area contributed by atoms with Crippen LogP contribution in [0.15, 0.2) is 48.5 Å². The summed E-state index contributed by atoms with van der Waals surface area (Å²) in [5.74, 6) is -0.919. The Morgan fingerprint density at radius 1 is 1.24 bits per heavy atom. The molecule has 2 atom stereocenters. The Morgan fingerprint density at radius 2 is 2.00 bits per heavy atom. The molecule has 2 aromatic rings. The van der Waals surface area contributed by atoms with Gasteiger partial charge in [-0.3, -0.25) is 14.7 Å². The number of β-amino-alcohol motifs (C(OH)–C–C–N with tert-alkyl or cyclic N) is 1. The number of carbonyl (C=O) groups is 1. The number of aliphatic hydroxyl groups excluding tert-OH is 1. The highest BCUT2D eigenvalue weighted by Crippen LogP contribution is 2.36. The predicted octanol–water partition coefficient (Wildman–Crippen LogP) is 2.27. The molecule has 2 N–H and O–H groups in total. The normalized spacial score (nSPS) is 24.2. The van der Waals surface area contributed by atoms with Crippen LogP contribution in [0.1, 0.15) is 23.4 Å². The molecule has 1 aliphatic heterocycles. The van der Waals surface area contributed by atoms with Crippen LogP contribution >= 0.6 is 0 Å². The van der Waals surface area contributed by atoms with Gasteiger partial charge in [-0.05, 0) is 44.0 Å². The zero-order chi connectivity index (χ0) is 17.9. The molecule has 3 rings (SSSR count). The van der Waals surface area contributed by atoms with E-state index in [1.807, 2.05) is 55.5 Å². The van der Waals surface area contributed by atoms with E-state index in [-0.39, 0.29) is 0 Å². The first-order valence-corrected chi connectivity index (χ1v) is 8.60. The largest absolute Gasteiger partial charge is 0.481 e. The molecule has 2 heterocycles. The Balaban J connectivity index is 1.73. The molecule has 1 aromatic carbocycles. The first-order chi connectivity index (χ1) is 12.0. The average Bonchev–Trinajstić information content (AvgIpc) is 2.58. The maximum Gasteiger partial charge on any atom is 0.312 e. The molecule has 132 valence electrons. The molecule has 0 amide bonds. The minimum Gasteiger partial charge on any atom is -0.481 e. The van der Waals surface area contributed by atoms with Gasteiger partial charge in [0.1, 0.15) is 5.41 Å². The van der Waals surface area contributed by atoms with Crippen molar-refractivity contribution in [3.63, 3.8) is 0 Å². The molecule has 0 saturated carbocycles. The van der Waals surface area contributed by atoms with Crippen molar-refractivity contribution in [1.82, 2.24) is 9.88 Å². The van der Waals surface area contributed by atoms with Gasteiger partial charge >= 0.3 is 5.97 Å². The summed E-state index contributed by atoms with van der Waals surface area (Å²) in [6.45, 7) is 3.55.